The molecule has 0 saturated carbocycles. The molecule has 0 unspecified atom stereocenters. The molecule has 0 aliphatic carbocycles. The number of hydrogen-bond acceptors (Lipinski definition) is 5. The van der Waals surface area contributed by atoms with Crippen LogP contribution in [0.5, 0.6) is 0 Å². The summed E-state index contributed by atoms with van der Waals surface area (Å²) >= 11 is 0. The molecule has 4 aromatic rings. The zero-order valence-corrected chi connectivity index (χ0v) is 19.0. The number of nitrogens with zero attached hydrogens (tertiary/aromatic N) is 4. The third kappa shape index (κ3) is 4.12. The Morgan fingerprint density at radius 1 is 0.882 bits per heavy atom. The van der Waals surface area contributed by atoms with Crippen LogP contribution in [-0.2, 0) is 10.0 Å². The van der Waals surface area contributed by atoms with Gasteiger partial charge in [-0.3, -0.25) is 0 Å². The maximum atomic E-state index is 13.6. The number of piperazine rings is 1. The van der Waals surface area contributed by atoms with Crippen molar-refractivity contribution in [3.8, 4) is 17.2 Å². The normalized spacial score (nSPS) is 14.8. The van der Waals surface area contributed by atoms with Gasteiger partial charge in [0.1, 0.15) is 11.6 Å². The van der Waals surface area contributed by atoms with Gasteiger partial charge >= 0.3 is 0 Å². The van der Waals surface area contributed by atoms with E-state index in [1.165, 1.54) is 22.5 Å². The summed E-state index contributed by atoms with van der Waals surface area (Å²) < 4.78 is 40.8. The van der Waals surface area contributed by atoms with Crippen molar-refractivity contribution in [1.29, 1.82) is 5.26 Å². The quantitative estimate of drug-likeness (QED) is 0.439. The molecule has 2 heterocycles. The lowest BCUT2D eigenvalue weighted by Crippen LogP contribution is -2.48. The van der Waals surface area contributed by atoms with Gasteiger partial charge in [0.15, 0.2) is 0 Å². The molecule has 0 atom stereocenters. The van der Waals surface area contributed by atoms with E-state index >= 15 is 0 Å². The standard InChI is InChI=1S/C26H21FN4O2S/c27-22-7-3-8-23(17-22)34(32,33)31-14-12-30(13-15-31)25-11-10-20-5-2-9-24(26(20)29-25)21-6-1-4-19(16-21)18-28/h1-11,16-17H,12-15H2. The number of rotatable bonds is 4. The molecule has 6 nitrogen and oxygen atoms in total. The highest BCUT2D eigenvalue weighted by atomic mass is 32.2. The number of benzene rings is 3. The van der Waals surface area contributed by atoms with E-state index in [4.69, 9.17) is 4.98 Å². The first-order valence-corrected chi connectivity index (χ1v) is 12.3. The molecule has 0 amide bonds. The molecular weight excluding hydrogens is 451 g/mol. The van der Waals surface area contributed by atoms with Gasteiger partial charge in [0.25, 0.3) is 0 Å². The maximum absolute atomic E-state index is 13.6. The minimum absolute atomic E-state index is 0.0333. The summed E-state index contributed by atoms with van der Waals surface area (Å²) in [4.78, 5) is 6.93. The van der Waals surface area contributed by atoms with Crippen LogP contribution in [0.2, 0.25) is 0 Å². The Labute approximate surface area is 197 Å². The van der Waals surface area contributed by atoms with Crippen molar-refractivity contribution >= 4 is 26.7 Å². The first-order valence-electron chi connectivity index (χ1n) is 10.9. The van der Waals surface area contributed by atoms with Crippen molar-refractivity contribution < 1.29 is 12.8 Å². The molecule has 1 saturated heterocycles. The molecule has 3 aromatic carbocycles. The largest absolute Gasteiger partial charge is 0.354 e. The SMILES string of the molecule is N#Cc1cccc(-c2cccc3ccc(N4CCN(S(=O)(=O)c5cccc(F)c5)CC4)nc23)c1. The predicted molar refractivity (Wildman–Crippen MR) is 129 cm³/mol. The van der Waals surface area contributed by atoms with E-state index < -0.39 is 15.8 Å². The molecule has 170 valence electrons. The van der Waals surface area contributed by atoms with Gasteiger partial charge in [-0.1, -0.05) is 36.4 Å². The van der Waals surface area contributed by atoms with E-state index in [0.717, 1.165) is 33.9 Å². The van der Waals surface area contributed by atoms with E-state index in [1.54, 1.807) is 6.07 Å². The Bertz CT molecular complexity index is 1520. The fourth-order valence-corrected chi connectivity index (χ4v) is 5.69. The first-order chi connectivity index (χ1) is 16.5. The van der Waals surface area contributed by atoms with E-state index in [0.29, 0.717) is 18.7 Å². The maximum Gasteiger partial charge on any atom is 0.243 e. The number of hydrogen-bond donors (Lipinski definition) is 0. The van der Waals surface area contributed by atoms with Gasteiger partial charge in [-0.15, -0.1) is 0 Å². The molecule has 1 aromatic heterocycles. The number of aromatic nitrogens is 1. The molecule has 8 heteroatoms. The summed E-state index contributed by atoms with van der Waals surface area (Å²) in [6.07, 6.45) is 0. The number of sulfonamides is 1. The summed E-state index contributed by atoms with van der Waals surface area (Å²) in [6, 6.07) is 24.6. The van der Waals surface area contributed by atoms with Crippen molar-refractivity contribution in [2.45, 2.75) is 4.90 Å². The summed E-state index contributed by atoms with van der Waals surface area (Å²) in [5.74, 6) is 0.190. The molecular formula is C26H21FN4O2S. The second-order valence-electron chi connectivity index (χ2n) is 8.09. The van der Waals surface area contributed by atoms with Crippen molar-refractivity contribution in [3.05, 3.63) is 90.2 Å². The van der Waals surface area contributed by atoms with Gasteiger partial charge in [-0.05, 0) is 48.0 Å². The zero-order chi connectivity index (χ0) is 23.7. The van der Waals surface area contributed by atoms with E-state index in [-0.39, 0.29) is 18.0 Å². The monoisotopic (exact) mass is 472 g/mol. The van der Waals surface area contributed by atoms with Gasteiger partial charge in [0.05, 0.1) is 22.0 Å². The third-order valence-electron chi connectivity index (χ3n) is 6.00. The number of para-hydroxylation sites is 1. The number of halogens is 1. The summed E-state index contributed by atoms with van der Waals surface area (Å²) in [5.41, 5.74) is 3.26. The summed E-state index contributed by atoms with van der Waals surface area (Å²) in [7, 11) is -3.75. The van der Waals surface area contributed by atoms with Crippen molar-refractivity contribution in [2.75, 3.05) is 31.1 Å². The molecule has 0 bridgehead atoms. The summed E-state index contributed by atoms with van der Waals surface area (Å²) in [6.45, 7) is 1.51. The second kappa shape index (κ2) is 8.86. The van der Waals surface area contributed by atoms with Gasteiger partial charge in [0, 0.05) is 37.1 Å². The number of pyridine rings is 1. The van der Waals surface area contributed by atoms with Crippen molar-refractivity contribution in [1.82, 2.24) is 9.29 Å². The average molecular weight is 473 g/mol. The highest BCUT2D eigenvalue weighted by molar-refractivity contribution is 7.89. The Morgan fingerprint density at radius 2 is 1.65 bits per heavy atom. The van der Waals surface area contributed by atoms with Gasteiger partial charge < -0.3 is 4.90 Å². The van der Waals surface area contributed by atoms with Crippen LogP contribution in [0.3, 0.4) is 0 Å². The van der Waals surface area contributed by atoms with E-state index in [9.17, 15) is 18.1 Å². The fraction of sp³-hybridized carbons (Fsp3) is 0.154. The lowest BCUT2D eigenvalue weighted by molar-refractivity contribution is 0.383. The molecule has 5 rings (SSSR count). The second-order valence-corrected chi connectivity index (χ2v) is 10.0. The Balaban J connectivity index is 1.41. The Morgan fingerprint density at radius 3 is 2.41 bits per heavy atom. The molecule has 0 N–H and O–H groups in total. The minimum atomic E-state index is -3.75. The lowest BCUT2D eigenvalue weighted by atomic mass is 10.0. The van der Waals surface area contributed by atoms with E-state index in [1.807, 2.05) is 48.5 Å². The molecule has 1 fully saturated rings. The highest BCUT2D eigenvalue weighted by Gasteiger charge is 2.29. The fourth-order valence-electron chi connectivity index (χ4n) is 4.24. The van der Waals surface area contributed by atoms with Crippen LogP contribution in [0.25, 0.3) is 22.0 Å². The third-order valence-corrected chi connectivity index (χ3v) is 7.90. The molecule has 0 spiro atoms. The predicted octanol–water partition coefficient (Wildman–Crippen LogP) is 4.42. The van der Waals surface area contributed by atoms with Gasteiger partial charge in [-0.2, -0.15) is 9.57 Å². The highest BCUT2D eigenvalue weighted by Crippen LogP contribution is 2.30. The van der Waals surface area contributed by atoms with Crippen molar-refractivity contribution in [3.63, 3.8) is 0 Å². The average Bonchev–Trinajstić information content (AvgIpc) is 2.88. The zero-order valence-electron chi connectivity index (χ0n) is 18.2. The smallest absolute Gasteiger partial charge is 0.243 e. The van der Waals surface area contributed by atoms with Crippen LogP contribution in [0, 0.1) is 17.1 Å². The molecule has 0 radical (unpaired) electrons. The first kappa shape index (κ1) is 22.0. The van der Waals surface area contributed by atoms with Crippen LogP contribution in [0.1, 0.15) is 5.56 Å². The van der Waals surface area contributed by atoms with Crippen LogP contribution in [0.15, 0.2) is 83.8 Å². The Hall–Kier alpha value is -3.80. The molecule has 34 heavy (non-hydrogen) atoms. The molecule has 1 aliphatic rings. The lowest BCUT2D eigenvalue weighted by Gasteiger charge is -2.34. The van der Waals surface area contributed by atoms with Crippen LogP contribution in [0.4, 0.5) is 10.2 Å². The Kier molecular flexibility index (Phi) is 5.74. The van der Waals surface area contributed by atoms with Gasteiger partial charge in [-0.25, -0.2) is 17.8 Å². The number of fused-ring (bicyclic) bond motifs is 1. The molecule has 1 aliphatic heterocycles. The minimum Gasteiger partial charge on any atom is -0.354 e. The van der Waals surface area contributed by atoms with E-state index in [2.05, 4.69) is 11.0 Å². The summed E-state index contributed by atoms with van der Waals surface area (Å²) in [5, 5.41) is 10.2. The van der Waals surface area contributed by atoms with Crippen LogP contribution in [-0.4, -0.2) is 43.9 Å². The van der Waals surface area contributed by atoms with Crippen molar-refractivity contribution in [2.24, 2.45) is 0 Å². The van der Waals surface area contributed by atoms with Gasteiger partial charge in [0.2, 0.25) is 10.0 Å². The van der Waals surface area contributed by atoms with Crippen LogP contribution >= 0.6 is 0 Å². The number of anilines is 1. The van der Waals surface area contributed by atoms with Crippen LogP contribution < -0.4 is 4.90 Å². The number of nitriles is 1. The topological polar surface area (TPSA) is 77.3 Å².